The first-order valence-corrected chi connectivity index (χ1v) is 9.62. The third kappa shape index (κ3) is 2.86. The molecule has 1 heterocycles. The van der Waals surface area contributed by atoms with E-state index in [-0.39, 0.29) is 10.8 Å². The Morgan fingerprint density at radius 3 is 2.40 bits per heavy atom. The molecule has 25 heavy (non-hydrogen) atoms. The summed E-state index contributed by atoms with van der Waals surface area (Å²) in [6.07, 6.45) is 8.81. The molecule has 0 unspecified atom stereocenters. The lowest BCUT2D eigenvalue weighted by atomic mass is 9.82. The van der Waals surface area contributed by atoms with Crippen molar-refractivity contribution >= 4 is 11.6 Å². The van der Waals surface area contributed by atoms with Crippen LogP contribution >= 0.6 is 0 Å². The quantitative estimate of drug-likeness (QED) is 0.670. The van der Waals surface area contributed by atoms with Gasteiger partial charge in [-0.05, 0) is 76.3 Å². The molecule has 1 aromatic carbocycles. The van der Waals surface area contributed by atoms with E-state index in [0.717, 1.165) is 12.2 Å². The van der Waals surface area contributed by atoms with Crippen LogP contribution < -0.4 is 0 Å². The molecule has 2 nitrogen and oxygen atoms in total. The summed E-state index contributed by atoms with van der Waals surface area (Å²) in [5.74, 6) is 1.54. The number of nitrogens with zero attached hydrogens (tertiary/aromatic N) is 1. The number of aryl methyl sites for hydroxylation is 1. The van der Waals surface area contributed by atoms with Crippen LogP contribution in [0.5, 0.6) is 0 Å². The minimum Gasteiger partial charge on any atom is -0.357 e. The zero-order chi connectivity index (χ0) is 17.8. The Balaban J connectivity index is 1.90. The Labute approximate surface area is 151 Å². The molecule has 2 aromatic rings. The number of hydrogen-bond donors (Lipinski definition) is 0. The summed E-state index contributed by atoms with van der Waals surface area (Å²) in [4.78, 5) is 0. The molecule has 2 heteroatoms. The van der Waals surface area contributed by atoms with E-state index in [0.29, 0.717) is 5.92 Å². The number of allylic oxidation sites excluding steroid dienone is 1. The molecule has 1 fully saturated rings. The van der Waals surface area contributed by atoms with Gasteiger partial charge in [-0.25, -0.2) is 0 Å². The van der Waals surface area contributed by atoms with Crippen molar-refractivity contribution in [1.29, 1.82) is 0 Å². The van der Waals surface area contributed by atoms with Gasteiger partial charge >= 0.3 is 0 Å². The van der Waals surface area contributed by atoms with E-state index in [1.165, 1.54) is 41.5 Å². The minimum absolute atomic E-state index is 0.237. The largest absolute Gasteiger partial charge is 0.357 e. The highest BCUT2D eigenvalue weighted by Crippen LogP contribution is 2.52. The third-order valence-electron chi connectivity index (χ3n) is 6.05. The predicted octanol–water partition coefficient (Wildman–Crippen LogP) is 6.15. The molecule has 0 radical (unpaired) electrons. The number of benzene rings is 1. The van der Waals surface area contributed by atoms with Gasteiger partial charge in [0.25, 0.3) is 0 Å². The van der Waals surface area contributed by atoms with Crippen LogP contribution in [0.1, 0.15) is 81.9 Å². The first-order valence-electron chi connectivity index (χ1n) is 9.62. The normalized spacial score (nSPS) is 21.4. The smallest absolute Gasteiger partial charge is 0.159 e. The topological polar surface area (TPSA) is 26.0 Å². The van der Waals surface area contributed by atoms with E-state index in [1.807, 2.05) is 6.07 Å². The Hall–Kier alpha value is -1.83. The van der Waals surface area contributed by atoms with Crippen molar-refractivity contribution in [3.63, 3.8) is 0 Å². The lowest BCUT2D eigenvalue weighted by molar-refractivity contribution is 0.403. The Kier molecular flexibility index (Phi) is 3.72. The van der Waals surface area contributed by atoms with E-state index < -0.39 is 0 Å². The van der Waals surface area contributed by atoms with Crippen LogP contribution in [0.3, 0.4) is 0 Å². The minimum atomic E-state index is 0.237. The summed E-state index contributed by atoms with van der Waals surface area (Å²) in [5.41, 5.74) is 7.93. The predicted molar refractivity (Wildman–Crippen MR) is 104 cm³/mol. The van der Waals surface area contributed by atoms with Gasteiger partial charge in [-0.3, -0.25) is 0 Å². The fraction of sp³-hybridized carbons (Fsp3) is 0.522. The van der Waals surface area contributed by atoms with Gasteiger partial charge in [-0.1, -0.05) is 51.9 Å². The van der Waals surface area contributed by atoms with Gasteiger partial charge in [0.1, 0.15) is 0 Å². The maximum absolute atomic E-state index is 5.38. The number of rotatable bonds is 4. The molecular weight excluding hydrogens is 306 g/mol. The second-order valence-corrected chi connectivity index (χ2v) is 9.14. The molecule has 0 N–H and O–H groups in total. The lowest BCUT2D eigenvalue weighted by Gasteiger charge is -2.22. The van der Waals surface area contributed by atoms with Crippen LogP contribution in [-0.2, 0) is 17.3 Å². The second kappa shape index (κ2) is 5.59. The fourth-order valence-corrected chi connectivity index (χ4v) is 4.88. The van der Waals surface area contributed by atoms with Gasteiger partial charge < -0.3 is 4.52 Å². The summed E-state index contributed by atoms with van der Waals surface area (Å²) >= 11 is 0. The van der Waals surface area contributed by atoms with Crippen LogP contribution in [-0.4, -0.2) is 5.16 Å². The molecule has 0 atom stereocenters. The molecule has 0 amide bonds. The molecule has 0 saturated heterocycles. The fourth-order valence-electron chi connectivity index (χ4n) is 4.88. The average molecular weight is 335 g/mol. The molecule has 1 aromatic heterocycles. The van der Waals surface area contributed by atoms with E-state index >= 15 is 0 Å². The van der Waals surface area contributed by atoms with E-state index in [2.05, 4.69) is 58.0 Å². The first-order chi connectivity index (χ1) is 11.8. The van der Waals surface area contributed by atoms with Crippen LogP contribution in [0, 0.1) is 5.92 Å². The molecular formula is C23H29NO. The maximum Gasteiger partial charge on any atom is 0.159 e. The van der Waals surface area contributed by atoms with Crippen LogP contribution in [0.15, 0.2) is 28.9 Å². The highest BCUT2D eigenvalue weighted by molar-refractivity contribution is 5.85. The zero-order valence-electron chi connectivity index (χ0n) is 16.1. The van der Waals surface area contributed by atoms with Gasteiger partial charge in [0, 0.05) is 6.07 Å². The van der Waals surface area contributed by atoms with Crippen molar-refractivity contribution in [3.8, 4) is 0 Å². The van der Waals surface area contributed by atoms with Crippen molar-refractivity contribution in [1.82, 2.24) is 5.16 Å². The monoisotopic (exact) mass is 335 g/mol. The molecule has 2 aliphatic carbocycles. The van der Waals surface area contributed by atoms with Gasteiger partial charge in [0.05, 0.1) is 6.20 Å². The van der Waals surface area contributed by atoms with Crippen molar-refractivity contribution < 1.29 is 4.52 Å². The van der Waals surface area contributed by atoms with Crippen molar-refractivity contribution in [3.05, 3.63) is 52.4 Å². The van der Waals surface area contributed by atoms with Gasteiger partial charge in [-0.15, -0.1) is 0 Å². The standard InChI is InChI=1S/C23H29NO/c1-6-15-11-20-21(23(4,5)14-22(20,2)3)13-19(15)18(16-7-8-16)12-17-9-10-24-25-17/h9-13,16H,6-8,14H2,1-5H3. The molecule has 132 valence electrons. The van der Waals surface area contributed by atoms with Crippen molar-refractivity contribution in [2.45, 2.75) is 71.1 Å². The number of fused-ring (bicyclic) bond motifs is 1. The summed E-state index contributed by atoms with van der Waals surface area (Å²) in [5, 5.41) is 3.87. The van der Waals surface area contributed by atoms with Crippen LogP contribution in [0.4, 0.5) is 0 Å². The SMILES string of the molecule is CCc1cc2c(cc1C(=Cc1ccno1)C1CC1)C(C)(C)CC2(C)C. The molecule has 2 aliphatic rings. The Morgan fingerprint density at radius 1 is 1.16 bits per heavy atom. The molecule has 0 aliphatic heterocycles. The maximum atomic E-state index is 5.38. The molecule has 4 rings (SSSR count). The van der Waals surface area contributed by atoms with E-state index in [1.54, 1.807) is 11.8 Å². The summed E-state index contributed by atoms with van der Waals surface area (Å²) < 4.78 is 5.38. The number of aromatic nitrogens is 1. The Bertz CT molecular complexity index is 820. The lowest BCUT2D eigenvalue weighted by Crippen LogP contribution is -2.18. The first kappa shape index (κ1) is 16.6. The molecule has 0 spiro atoms. The Morgan fingerprint density at radius 2 is 1.84 bits per heavy atom. The van der Waals surface area contributed by atoms with E-state index in [9.17, 15) is 0 Å². The van der Waals surface area contributed by atoms with Crippen LogP contribution in [0.25, 0.3) is 11.6 Å². The molecule has 1 saturated carbocycles. The van der Waals surface area contributed by atoms with Gasteiger partial charge in [0.15, 0.2) is 5.76 Å². The summed E-state index contributed by atoms with van der Waals surface area (Å²) in [6.45, 7) is 11.9. The van der Waals surface area contributed by atoms with E-state index in [4.69, 9.17) is 4.52 Å². The highest BCUT2D eigenvalue weighted by Gasteiger charge is 2.42. The van der Waals surface area contributed by atoms with Gasteiger partial charge in [-0.2, -0.15) is 0 Å². The second-order valence-electron chi connectivity index (χ2n) is 9.14. The molecule has 0 bridgehead atoms. The number of hydrogen-bond acceptors (Lipinski definition) is 2. The summed E-state index contributed by atoms with van der Waals surface area (Å²) in [6, 6.07) is 6.95. The van der Waals surface area contributed by atoms with Gasteiger partial charge in [0.2, 0.25) is 0 Å². The zero-order valence-corrected chi connectivity index (χ0v) is 16.1. The van der Waals surface area contributed by atoms with Crippen molar-refractivity contribution in [2.75, 3.05) is 0 Å². The summed E-state index contributed by atoms with van der Waals surface area (Å²) in [7, 11) is 0. The average Bonchev–Trinajstić information content (AvgIpc) is 3.22. The van der Waals surface area contributed by atoms with Crippen LogP contribution in [0.2, 0.25) is 0 Å². The van der Waals surface area contributed by atoms with Crippen molar-refractivity contribution in [2.24, 2.45) is 5.92 Å². The third-order valence-corrected chi connectivity index (χ3v) is 6.05. The highest BCUT2D eigenvalue weighted by atomic mass is 16.5.